The zero-order chi connectivity index (χ0) is 19.1. The lowest BCUT2D eigenvalue weighted by atomic mass is 10.00. The molecule has 0 saturated carbocycles. The van der Waals surface area contributed by atoms with E-state index in [1.165, 1.54) is 22.5 Å². The lowest BCUT2D eigenvalue weighted by molar-refractivity contribution is 0.0827. The fourth-order valence-corrected chi connectivity index (χ4v) is 4.42. The molecule has 0 spiro atoms. The van der Waals surface area contributed by atoms with Crippen molar-refractivity contribution in [2.24, 2.45) is 0 Å². The molecule has 2 heterocycles. The van der Waals surface area contributed by atoms with Gasteiger partial charge in [-0.05, 0) is 55.5 Å². The van der Waals surface area contributed by atoms with E-state index in [9.17, 15) is 4.79 Å². The molecule has 0 unspecified atom stereocenters. The van der Waals surface area contributed by atoms with E-state index in [1.807, 2.05) is 6.20 Å². The second-order valence-electron chi connectivity index (χ2n) is 7.06. The van der Waals surface area contributed by atoms with Crippen LogP contribution in [0.15, 0.2) is 24.4 Å². The van der Waals surface area contributed by atoms with Crippen LogP contribution in [0.2, 0.25) is 0 Å². The molecule has 6 nitrogen and oxygen atoms in total. The van der Waals surface area contributed by atoms with Crippen molar-refractivity contribution in [2.75, 3.05) is 19.4 Å². The van der Waals surface area contributed by atoms with E-state index >= 15 is 0 Å². The Morgan fingerprint density at radius 1 is 1.11 bits per heavy atom. The number of hydrogen-bond donors (Lipinski definition) is 1. The molecule has 0 fully saturated rings. The lowest BCUT2D eigenvalue weighted by Crippen LogP contribution is -2.21. The van der Waals surface area contributed by atoms with Gasteiger partial charge in [-0.1, -0.05) is 6.07 Å². The normalized spacial score (nSPS) is 12.3. The summed E-state index contributed by atoms with van der Waals surface area (Å²) in [4.78, 5) is 28.6. The minimum absolute atomic E-state index is 0.0707. The van der Waals surface area contributed by atoms with E-state index in [1.54, 1.807) is 19.0 Å². The number of fused-ring (bicyclic) bond motifs is 3. The van der Waals surface area contributed by atoms with E-state index in [-0.39, 0.29) is 5.91 Å². The predicted octanol–water partition coefficient (Wildman–Crippen LogP) is 3.76. The van der Waals surface area contributed by atoms with Crippen LogP contribution >= 0.6 is 11.3 Å². The highest BCUT2D eigenvalue weighted by molar-refractivity contribution is 7.17. The van der Waals surface area contributed by atoms with Crippen LogP contribution in [0.4, 0.5) is 11.6 Å². The molecule has 138 valence electrons. The van der Waals surface area contributed by atoms with Crippen molar-refractivity contribution in [1.82, 2.24) is 19.9 Å². The Morgan fingerprint density at radius 3 is 2.56 bits per heavy atom. The van der Waals surface area contributed by atoms with Crippen molar-refractivity contribution >= 4 is 28.9 Å². The summed E-state index contributed by atoms with van der Waals surface area (Å²) >= 11 is 1.41. The number of anilines is 2. The quantitative estimate of drug-likeness (QED) is 0.750. The molecule has 3 aromatic rings. The van der Waals surface area contributed by atoms with E-state index in [4.69, 9.17) is 4.98 Å². The largest absolute Gasteiger partial charge is 0.343 e. The molecule has 0 aliphatic heterocycles. The molecule has 2 aromatic heterocycles. The second-order valence-corrected chi connectivity index (χ2v) is 8.06. The van der Waals surface area contributed by atoms with Crippen LogP contribution in [0.5, 0.6) is 0 Å². The minimum atomic E-state index is -0.0707. The first-order valence-corrected chi connectivity index (χ1v) is 9.65. The highest BCUT2D eigenvalue weighted by atomic mass is 32.1. The van der Waals surface area contributed by atoms with Crippen LogP contribution in [0.1, 0.15) is 32.2 Å². The summed E-state index contributed by atoms with van der Waals surface area (Å²) in [5, 5.41) is 3.82. The van der Waals surface area contributed by atoms with Crippen LogP contribution in [0, 0.1) is 13.8 Å². The van der Waals surface area contributed by atoms with Gasteiger partial charge in [0.2, 0.25) is 5.95 Å². The van der Waals surface area contributed by atoms with Crippen molar-refractivity contribution in [3.05, 3.63) is 51.8 Å². The summed E-state index contributed by atoms with van der Waals surface area (Å²) in [5.41, 5.74) is 6.28. The molecule has 1 aliphatic carbocycles. The molecule has 1 aliphatic rings. The molecule has 1 N–H and O–H groups in total. The molecular formula is C20H21N5OS. The molecular weight excluding hydrogens is 358 g/mol. The van der Waals surface area contributed by atoms with Crippen molar-refractivity contribution in [2.45, 2.75) is 26.7 Å². The highest BCUT2D eigenvalue weighted by Gasteiger charge is 2.25. The van der Waals surface area contributed by atoms with Gasteiger partial charge in [0.1, 0.15) is 0 Å². The maximum atomic E-state index is 12.3. The van der Waals surface area contributed by atoms with Gasteiger partial charge in [0.25, 0.3) is 5.91 Å². The average Bonchev–Trinajstić information content (AvgIpc) is 3.04. The van der Waals surface area contributed by atoms with Crippen molar-refractivity contribution < 1.29 is 4.79 Å². The van der Waals surface area contributed by atoms with Crippen molar-refractivity contribution in [3.8, 4) is 10.6 Å². The standard InChI is InChI=1S/C20H21N5OS/c1-11-7-12(2)9-14(8-11)22-20-21-10-13-5-6-15-17(16(13)24-20)27-18(23-15)19(26)25(3)4/h7-10H,5-6H2,1-4H3,(H,21,22,24). The number of benzene rings is 1. The zero-order valence-corrected chi connectivity index (χ0v) is 16.6. The van der Waals surface area contributed by atoms with Gasteiger partial charge in [0.05, 0.1) is 16.3 Å². The van der Waals surface area contributed by atoms with Gasteiger partial charge < -0.3 is 10.2 Å². The van der Waals surface area contributed by atoms with Gasteiger partial charge in [-0.3, -0.25) is 4.79 Å². The Labute approximate surface area is 162 Å². The van der Waals surface area contributed by atoms with Crippen LogP contribution in [0.25, 0.3) is 10.6 Å². The number of amides is 1. The fraction of sp³-hybridized carbons (Fsp3) is 0.300. The Kier molecular flexibility index (Phi) is 4.39. The SMILES string of the molecule is Cc1cc(C)cc(Nc2ncc3c(n2)-c2sc(C(=O)N(C)C)nc2CC3)c1. The molecule has 1 amide bonds. The summed E-state index contributed by atoms with van der Waals surface area (Å²) in [6.45, 7) is 4.14. The van der Waals surface area contributed by atoms with Gasteiger partial charge >= 0.3 is 0 Å². The maximum absolute atomic E-state index is 12.3. The zero-order valence-electron chi connectivity index (χ0n) is 15.8. The third-order valence-corrected chi connectivity index (χ3v) is 5.57. The third kappa shape index (κ3) is 3.42. The summed E-state index contributed by atoms with van der Waals surface area (Å²) in [5.74, 6) is 0.485. The minimum Gasteiger partial charge on any atom is -0.343 e. The number of carbonyl (C=O) groups excluding carboxylic acids is 1. The Morgan fingerprint density at radius 2 is 1.85 bits per heavy atom. The van der Waals surface area contributed by atoms with Crippen LogP contribution < -0.4 is 5.32 Å². The van der Waals surface area contributed by atoms with Gasteiger partial charge in [-0.25, -0.2) is 15.0 Å². The molecule has 0 atom stereocenters. The molecule has 1 aromatic carbocycles. The summed E-state index contributed by atoms with van der Waals surface area (Å²) in [7, 11) is 3.48. The Bertz CT molecular complexity index is 1020. The topological polar surface area (TPSA) is 71.0 Å². The van der Waals surface area contributed by atoms with Crippen LogP contribution in [-0.4, -0.2) is 39.9 Å². The number of hydrogen-bond acceptors (Lipinski definition) is 6. The lowest BCUT2D eigenvalue weighted by Gasteiger charge is -2.15. The third-order valence-electron chi connectivity index (χ3n) is 4.48. The maximum Gasteiger partial charge on any atom is 0.282 e. The number of thiazole rings is 1. The summed E-state index contributed by atoms with van der Waals surface area (Å²) in [6, 6.07) is 6.27. The Hall–Kier alpha value is -2.80. The van der Waals surface area contributed by atoms with Gasteiger partial charge in [-0.15, -0.1) is 11.3 Å². The molecule has 4 rings (SSSR count). The molecule has 0 radical (unpaired) electrons. The van der Waals surface area contributed by atoms with Gasteiger partial charge in [-0.2, -0.15) is 0 Å². The fourth-order valence-electron chi connectivity index (χ4n) is 3.26. The molecule has 27 heavy (non-hydrogen) atoms. The second kappa shape index (κ2) is 6.74. The number of rotatable bonds is 3. The number of carbonyl (C=O) groups is 1. The van der Waals surface area contributed by atoms with E-state index in [0.717, 1.165) is 40.4 Å². The molecule has 0 saturated heterocycles. The number of nitrogens with zero attached hydrogens (tertiary/aromatic N) is 4. The average molecular weight is 379 g/mol. The molecule has 7 heteroatoms. The van der Waals surface area contributed by atoms with E-state index in [0.29, 0.717) is 11.0 Å². The number of aromatic nitrogens is 3. The van der Waals surface area contributed by atoms with Gasteiger partial charge in [0.15, 0.2) is 5.01 Å². The molecule has 0 bridgehead atoms. The van der Waals surface area contributed by atoms with Crippen LogP contribution in [-0.2, 0) is 12.8 Å². The number of aryl methyl sites for hydroxylation is 4. The van der Waals surface area contributed by atoms with E-state index in [2.05, 4.69) is 47.3 Å². The van der Waals surface area contributed by atoms with Gasteiger partial charge in [0, 0.05) is 26.0 Å². The van der Waals surface area contributed by atoms with Crippen molar-refractivity contribution in [1.29, 1.82) is 0 Å². The number of nitrogens with one attached hydrogen (secondary N) is 1. The summed E-state index contributed by atoms with van der Waals surface area (Å²) in [6.07, 6.45) is 3.53. The monoisotopic (exact) mass is 379 g/mol. The van der Waals surface area contributed by atoms with Crippen molar-refractivity contribution in [3.63, 3.8) is 0 Å². The smallest absolute Gasteiger partial charge is 0.282 e. The van der Waals surface area contributed by atoms with E-state index < -0.39 is 0 Å². The first kappa shape index (κ1) is 17.6. The van der Waals surface area contributed by atoms with Crippen LogP contribution in [0.3, 0.4) is 0 Å². The Balaban J connectivity index is 1.70. The first-order chi connectivity index (χ1) is 12.9. The predicted molar refractivity (Wildman–Crippen MR) is 108 cm³/mol. The summed E-state index contributed by atoms with van der Waals surface area (Å²) < 4.78 is 0. The first-order valence-electron chi connectivity index (χ1n) is 8.83. The highest BCUT2D eigenvalue weighted by Crippen LogP contribution is 2.37.